The van der Waals surface area contributed by atoms with Gasteiger partial charge in [0.15, 0.2) is 0 Å². The maximum absolute atomic E-state index is 12.0. The lowest BCUT2D eigenvalue weighted by molar-refractivity contribution is -0.120. The maximum atomic E-state index is 12.0. The molecule has 2 rings (SSSR count). The molecule has 1 N–H and O–H groups in total. The molecule has 0 saturated carbocycles. The highest BCUT2D eigenvalue weighted by molar-refractivity contribution is 6.30. The minimum absolute atomic E-state index is 0.0382. The molecule has 0 aliphatic carbocycles. The summed E-state index contributed by atoms with van der Waals surface area (Å²) in [6.45, 7) is 4.78. The van der Waals surface area contributed by atoms with Crippen LogP contribution in [0.5, 0.6) is 0 Å². The molecule has 1 amide bonds. The van der Waals surface area contributed by atoms with Gasteiger partial charge in [-0.3, -0.25) is 4.79 Å². The van der Waals surface area contributed by atoms with Crippen LogP contribution >= 0.6 is 11.6 Å². The fourth-order valence-corrected chi connectivity index (χ4v) is 2.37. The fourth-order valence-electron chi connectivity index (χ4n) is 2.17. The van der Waals surface area contributed by atoms with Gasteiger partial charge < -0.3 is 5.32 Å². The molecule has 110 valence electrons. The van der Waals surface area contributed by atoms with Crippen LogP contribution in [-0.2, 0) is 16.6 Å². The molecule has 0 saturated heterocycles. The van der Waals surface area contributed by atoms with Gasteiger partial charge in [-0.2, -0.15) is 0 Å². The number of hydrogen-bond donors (Lipinski definition) is 1. The first-order valence-electron chi connectivity index (χ1n) is 7.04. The smallest absolute Gasteiger partial charge is 0.224 e. The first-order valence-corrected chi connectivity index (χ1v) is 7.42. The van der Waals surface area contributed by atoms with Gasteiger partial charge in [0, 0.05) is 17.0 Å². The van der Waals surface area contributed by atoms with E-state index in [-0.39, 0.29) is 11.3 Å². The van der Waals surface area contributed by atoms with Crippen molar-refractivity contribution in [3.8, 4) is 0 Å². The van der Waals surface area contributed by atoms with Crippen LogP contribution in [-0.4, -0.2) is 12.5 Å². The molecule has 0 unspecified atom stereocenters. The van der Waals surface area contributed by atoms with Gasteiger partial charge in [0.1, 0.15) is 0 Å². The van der Waals surface area contributed by atoms with E-state index < -0.39 is 0 Å². The van der Waals surface area contributed by atoms with Gasteiger partial charge >= 0.3 is 0 Å². The molecule has 0 heterocycles. The fraction of sp³-hybridized carbons (Fsp3) is 0.278. The van der Waals surface area contributed by atoms with E-state index in [4.69, 9.17) is 11.6 Å². The molecule has 2 aromatic carbocycles. The monoisotopic (exact) mass is 301 g/mol. The van der Waals surface area contributed by atoms with E-state index >= 15 is 0 Å². The van der Waals surface area contributed by atoms with Gasteiger partial charge in [0.2, 0.25) is 5.91 Å². The summed E-state index contributed by atoms with van der Waals surface area (Å²) in [6, 6.07) is 17.5. The zero-order valence-corrected chi connectivity index (χ0v) is 13.2. The number of amides is 1. The summed E-state index contributed by atoms with van der Waals surface area (Å²) in [5.41, 5.74) is 1.99. The molecule has 0 aliphatic rings. The largest absolute Gasteiger partial charge is 0.355 e. The van der Waals surface area contributed by atoms with Crippen LogP contribution in [0.4, 0.5) is 0 Å². The van der Waals surface area contributed by atoms with Gasteiger partial charge in [0.25, 0.3) is 0 Å². The van der Waals surface area contributed by atoms with Gasteiger partial charge in [0.05, 0.1) is 6.42 Å². The summed E-state index contributed by atoms with van der Waals surface area (Å²) in [6.07, 6.45) is 0.409. The number of carbonyl (C=O) groups is 1. The Morgan fingerprint density at radius 3 is 2.48 bits per heavy atom. The second-order valence-corrected chi connectivity index (χ2v) is 6.27. The van der Waals surface area contributed by atoms with Crippen molar-refractivity contribution in [2.75, 3.05) is 6.54 Å². The van der Waals surface area contributed by atoms with Crippen molar-refractivity contribution in [3.05, 3.63) is 70.7 Å². The molecule has 0 spiro atoms. The highest BCUT2D eigenvalue weighted by atomic mass is 35.5. The van der Waals surface area contributed by atoms with Crippen LogP contribution in [0, 0.1) is 0 Å². The maximum Gasteiger partial charge on any atom is 0.224 e. The Hall–Kier alpha value is -1.80. The Kier molecular flexibility index (Phi) is 5.03. The molecular weight excluding hydrogens is 282 g/mol. The summed E-state index contributed by atoms with van der Waals surface area (Å²) in [5, 5.41) is 3.73. The highest BCUT2D eigenvalue weighted by Gasteiger charge is 2.21. The standard InChI is InChI=1S/C18H20ClNO/c1-18(2,15-9-6-10-16(19)12-15)13-20-17(21)11-14-7-4-3-5-8-14/h3-10,12H,11,13H2,1-2H3,(H,20,21). The van der Waals surface area contributed by atoms with Crippen molar-refractivity contribution in [3.63, 3.8) is 0 Å². The van der Waals surface area contributed by atoms with Gasteiger partial charge in [-0.05, 0) is 23.3 Å². The lowest BCUT2D eigenvalue weighted by Gasteiger charge is -2.26. The van der Waals surface area contributed by atoms with Crippen molar-refractivity contribution in [2.45, 2.75) is 25.7 Å². The number of nitrogens with one attached hydrogen (secondary N) is 1. The molecule has 0 fully saturated rings. The molecule has 2 nitrogen and oxygen atoms in total. The van der Waals surface area contributed by atoms with Crippen LogP contribution in [0.1, 0.15) is 25.0 Å². The first kappa shape index (κ1) is 15.6. The van der Waals surface area contributed by atoms with Crippen LogP contribution in [0.2, 0.25) is 5.02 Å². The minimum atomic E-state index is -0.156. The van der Waals surface area contributed by atoms with Crippen molar-refractivity contribution in [1.29, 1.82) is 0 Å². The third-order valence-electron chi connectivity index (χ3n) is 3.54. The van der Waals surface area contributed by atoms with E-state index in [9.17, 15) is 4.79 Å². The Morgan fingerprint density at radius 1 is 1.10 bits per heavy atom. The summed E-state index contributed by atoms with van der Waals surface area (Å²) in [4.78, 5) is 12.0. The molecule has 2 aromatic rings. The number of benzene rings is 2. The van der Waals surface area contributed by atoms with E-state index in [1.165, 1.54) is 0 Å². The number of carbonyl (C=O) groups excluding carboxylic acids is 1. The van der Waals surface area contributed by atoms with Crippen molar-refractivity contribution in [1.82, 2.24) is 5.32 Å². The molecular formula is C18H20ClNO. The topological polar surface area (TPSA) is 29.1 Å². The Bertz CT molecular complexity index is 608. The summed E-state index contributed by atoms with van der Waals surface area (Å²) in [5.74, 6) is 0.0382. The van der Waals surface area contributed by atoms with E-state index in [1.54, 1.807) is 0 Å². The van der Waals surface area contributed by atoms with E-state index in [0.29, 0.717) is 13.0 Å². The minimum Gasteiger partial charge on any atom is -0.355 e. The highest BCUT2D eigenvalue weighted by Crippen LogP contribution is 2.24. The Balaban J connectivity index is 1.94. The first-order chi connectivity index (χ1) is 9.97. The lowest BCUT2D eigenvalue weighted by Crippen LogP contribution is -2.37. The zero-order chi connectivity index (χ0) is 15.3. The summed E-state index contributed by atoms with van der Waals surface area (Å²) in [7, 11) is 0. The molecule has 0 bridgehead atoms. The molecule has 0 aliphatic heterocycles. The number of rotatable bonds is 5. The van der Waals surface area contributed by atoms with Crippen molar-refractivity contribution in [2.24, 2.45) is 0 Å². The third-order valence-corrected chi connectivity index (χ3v) is 3.78. The number of halogens is 1. The molecule has 0 atom stereocenters. The predicted molar refractivity (Wildman–Crippen MR) is 87.6 cm³/mol. The predicted octanol–water partition coefficient (Wildman–Crippen LogP) is 3.98. The van der Waals surface area contributed by atoms with E-state index in [2.05, 4.69) is 19.2 Å². The summed E-state index contributed by atoms with van der Waals surface area (Å²) >= 11 is 6.03. The quantitative estimate of drug-likeness (QED) is 0.889. The van der Waals surface area contributed by atoms with Gasteiger partial charge in [-0.15, -0.1) is 0 Å². The van der Waals surface area contributed by atoms with Crippen molar-refractivity contribution >= 4 is 17.5 Å². The Morgan fingerprint density at radius 2 is 1.81 bits per heavy atom. The van der Waals surface area contributed by atoms with Crippen LogP contribution in [0.25, 0.3) is 0 Å². The van der Waals surface area contributed by atoms with Gasteiger partial charge in [-0.1, -0.05) is 67.9 Å². The normalized spacial score (nSPS) is 11.2. The Labute approximate surface area is 131 Å². The van der Waals surface area contributed by atoms with Crippen LogP contribution in [0.3, 0.4) is 0 Å². The lowest BCUT2D eigenvalue weighted by atomic mass is 9.84. The van der Waals surface area contributed by atoms with E-state index in [0.717, 1.165) is 16.1 Å². The number of hydrogen-bond acceptors (Lipinski definition) is 1. The average molecular weight is 302 g/mol. The van der Waals surface area contributed by atoms with Crippen LogP contribution < -0.4 is 5.32 Å². The molecule has 0 radical (unpaired) electrons. The third kappa shape index (κ3) is 4.61. The van der Waals surface area contributed by atoms with Crippen molar-refractivity contribution < 1.29 is 4.79 Å². The molecule has 21 heavy (non-hydrogen) atoms. The molecule has 3 heteroatoms. The second-order valence-electron chi connectivity index (χ2n) is 5.83. The average Bonchev–Trinajstić information content (AvgIpc) is 2.46. The second kappa shape index (κ2) is 6.77. The zero-order valence-electron chi connectivity index (χ0n) is 12.4. The van der Waals surface area contributed by atoms with Crippen LogP contribution in [0.15, 0.2) is 54.6 Å². The molecule has 0 aromatic heterocycles. The van der Waals surface area contributed by atoms with E-state index in [1.807, 2.05) is 54.6 Å². The van der Waals surface area contributed by atoms with Gasteiger partial charge in [-0.25, -0.2) is 0 Å². The summed E-state index contributed by atoms with van der Waals surface area (Å²) < 4.78 is 0. The SMILES string of the molecule is CC(C)(CNC(=O)Cc1ccccc1)c1cccc(Cl)c1.